The molecule has 0 spiro atoms. The molecule has 0 radical (unpaired) electrons. The SMILES string of the molecule is CNC[C@]1(c2ccccc2)C[C@H]1c1ccccc1. The molecule has 1 nitrogen and oxygen atoms in total. The first-order valence-corrected chi connectivity index (χ1v) is 6.62. The Labute approximate surface area is 109 Å². The highest BCUT2D eigenvalue weighted by atomic mass is 14.9. The third kappa shape index (κ3) is 1.85. The summed E-state index contributed by atoms with van der Waals surface area (Å²) in [5.41, 5.74) is 3.24. The van der Waals surface area contributed by atoms with Crippen molar-refractivity contribution in [2.75, 3.05) is 13.6 Å². The average Bonchev–Trinajstić information content (AvgIpc) is 3.17. The number of nitrogens with one attached hydrogen (secondary N) is 1. The van der Waals surface area contributed by atoms with Gasteiger partial charge in [-0.1, -0.05) is 60.7 Å². The Hall–Kier alpha value is -1.60. The van der Waals surface area contributed by atoms with Crippen LogP contribution in [0.1, 0.15) is 23.5 Å². The van der Waals surface area contributed by atoms with E-state index in [1.807, 2.05) is 7.05 Å². The van der Waals surface area contributed by atoms with Crippen molar-refractivity contribution in [2.24, 2.45) is 0 Å². The van der Waals surface area contributed by atoms with Crippen molar-refractivity contribution < 1.29 is 0 Å². The summed E-state index contributed by atoms with van der Waals surface area (Å²) in [4.78, 5) is 0. The minimum Gasteiger partial charge on any atom is -0.319 e. The van der Waals surface area contributed by atoms with Crippen LogP contribution in [-0.2, 0) is 5.41 Å². The minimum atomic E-state index is 0.303. The minimum absolute atomic E-state index is 0.303. The van der Waals surface area contributed by atoms with Gasteiger partial charge in [0.1, 0.15) is 0 Å². The topological polar surface area (TPSA) is 12.0 Å². The highest BCUT2D eigenvalue weighted by molar-refractivity contribution is 5.43. The van der Waals surface area contributed by atoms with Gasteiger partial charge < -0.3 is 5.32 Å². The lowest BCUT2D eigenvalue weighted by Crippen LogP contribution is -2.25. The maximum atomic E-state index is 3.37. The maximum absolute atomic E-state index is 3.37. The molecule has 0 aliphatic heterocycles. The number of hydrogen-bond acceptors (Lipinski definition) is 1. The predicted molar refractivity (Wildman–Crippen MR) is 75.8 cm³/mol. The normalized spacial score (nSPS) is 25.9. The largest absolute Gasteiger partial charge is 0.319 e. The van der Waals surface area contributed by atoms with Crippen LogP contribution in [0.25, 0.3) is 0 Å². The van der Waals surface area contributed by atoms with Gasteiger partial charge >= 0.3 is 0 Å². The fourth-order valence-corrected chi connectivity index (χ4v) is 3.13. The highest BCUT2D eigenvalue weighted by Gasteiger charge is 2.55. The molecule has 1 heteroatoms. The van der Waals surface area contributed by atoms with Crippen LogP contribution in [0.3, 0.4) is 0 Å². The monoisotopic (exact) mass is 237 g/mol. The molecular weight excluding hydrogens is 218 g/mol. The number of likely N-dealkylation sites (N-methyl/N-ethyl adjacent to an activating group) is 1. The molecule has 0 amide bonds. The summed E-state index contributed by atoms with van der Waals surface area (Å²) >= 11 is 0. The third-order valence-electron chi connectivity index (χ3n) is 4.12. The third-order valence-corrected chi connectivity index (χ3v) is 4.12. The fraction of sp³-hybridized carbons (Fsp3) is 0.294. The van der Waals surface area contributed by atoms with E-state index in [-0.39, 0.29) is 0 Å². The first kappa shape index (κ1) is 11.5. The van der Waals surface area contributed by atoms with Crippen molar-refractivity contribution in [3.63, 3.8) is 0 Å². The van der Waals surface area contributed by atoms with E-state index in [2.05, 4.69) is 66.0 Å². The molecule has 0 heterocycles. The molecule has 0 aromatic heterocycles. The smallest absolute Gasteiger partial charge is 0.0153 e. The highest BCUT2D eigenvalue weighted by Crippen LogP contribution is 2.59. The molecule has 2 aromatic carbocycles. The van der Waals surface area contributed by atoms with Crippen molar-refractivity contribution in [1.82, 2.24) is 5.32 Å². The van der Waals surface area contributed by atoms with Crippen LogP contribution >= 0.6 is 0 Å². The molecule has 1 N–H and O–H groups in total. The van der Waals surface area contributed by atoms with Crippen LogP contribution in [0.15, 0.2) is 60.7 Å². The van der Waals surface area contributed by atoms with E-state index >= 15 is 0 Å². The molecule has 1 fully saturated rings. The molecular formula is C17H19N. The Balaban J connectivity index is 1.93. The zero-order chi connectivity index (χ0) is 12.4. The molecule has 0 saturated heterocycles. The maximum Gasteiger partial charge on any atom is 0.0153 e. The molecule has 92 valence electrons. The molecule has 1 saturated carbocycles. The van der Waals surface area contributed by atoms with Crippen LogP contribution in [-0.4, -0.2) is 13.6 Å². The van der Waals surface area contributed by atoms with Crippen LogP contribution < -0.4 is 5.32 Å². The van der Waals surface area contributed by atoms with E-state index in [0.717, 1.165) is 6.54 Å². The molecule has 2 atom stereocenters. The van der Waals surface area contributed by atoms with Crippen molar-refractivity contribution in [3.8, 4) is 0 Å². The molecule has 0 unspecified atom stereocenters. The van der Waals surface area contributed by atoms with Gasteiger partial charge in [-0.2, -0.15) is 0 Å². The fourth-order valence-electron chi connectivity index (χ4n) is 3.13. The summed E-state index contributed by atoms with van der Waals surface area (Å²) in [6.07, 6.45) is 1.25. The summed E-state index contributed by atoms with van der Waals surface area (Å²) < 4.78 is 0. The second kappa shape index (κ2) is 4.58. The zero-order valence-electron chi connectivity index (χ0n) is 10.8. The van der Waals surface area contributed by atoms with Gasteiger partial charge in [-0.25, -0.2) is 0 Å². The standard InChI is InChI=1S/C17H19N/c1-18-13-17(15-10-6-3-7-11-15)12-16(17)14-8-4-2-5-9-14/h2-11,16,18H,12-13H2,1H3/t16-,17-/m0/s1. The summed E-state index contributed by atoms with van der Waals surface area (Å²) in [7, 11) is 2.05. The van der Waals surface area contributed by atoms with E-state index in [1.54, 1.807) is 0 Å². The predicted octanol–water partition coefficient (Wildman–Crippen LogP) is 3.33. The first-order chi connectivity index (χ1) is 8.87. The van der Waals surface area contributed by atoms with Gasteiger partial charge in [0.15, 0.2) is 0 Å². The van der Waals surface area contributed by atoms with E-state index in [1.165, 1.54) is 17.5 Å². The molecule has 1 aliphatic rings. The molecule has 2 aromatic rings. The quantitative estimate of drug-likeness (QED) is 0.860. The van der Waals surface area contributed by atoms with Gasteiger partial charge in [0.05, 0.1) is 0 Å². The van der Waals surface area contributed by atoms with Crippen LogP contribution in [0.4, 0.5) is 0 Å². The van der Waals surface area contributed by atoms with Crippen LogP contribution in [0, 0.1) is 0 Å². The number of rotatable bonds is 4. The van der Waals surface area contributed by atoms with Crippen molar-refractivity contribution in [3.05, 3.63) is 71.8 Å². The van der Waals surface area contributed by atoms with Gasteiger partial charge in [-0.15, -0.1) is 0 Å². The van der Waals surface area contributed by atoms with E-state index < -0.39 is 0 Å². The first-order valence-electron chi connectivity index (χ1n) is 6.62. The van der Waals surface area contributed by atoms with Crippen LogP contribution in [0.5, 0.6) is 0 Å². The van der Waals surface area contributed by atoms with Crippen molar-refractivity contribution >= 4 is 0 Å². The molecule has 0 bridgehead atoms. The van der Waals surface area contributed by atoms with Gasteiger partial charge in [-0.05, 0) is 30.5 Å². The van der Waals surface area contributed by atoms with Crippen LogP contribution in [0.2, 0.25) is 0 Å². The van der Waals surface area contributed by atoms with Crippen molar-refractivity contribution in [2.45, 2.75) is 17.8 Å². The van der Waals surface area contributed by atoms with Gasteiger partial charge in [0, 0.05) is 12.0 Å². The number of benzene rings is 2. The zero-order valence-corrected chi connectivity index (χ0v) is 10.8. The Morgan fingerprint density at radius 3 is 2.22 bits per heavy atom. The van der Waals surface area contributed by atoms with Gasteiger partial charge in [0.25, 0.3) is 0 Å². The van der Waals surface area contributed by atoms with Gasteiger partial charge in [0.2, 0.25) is 0 Å². The summed E-state index contributed by atoms with van der Waals surface area (Å²) in [6, 6.07) is 21.8. The molecule has 18 heavy (non-hydrogen) atoms. The van der Waals surface area contributed by atoms with Crippen molar-refractivity contribution in [1.29, 1.82) is 0 Å². The molecule has 1 aliphatic carbocycles. The van der Waals surface area contributed by atoms with E-state index in [4.69, 9.17) is 0 Å². The lowest BCUT2D eigenvalue weighted by molar-refractivity contribution is 0.605. The summed E-state index contributed by atoms with van der Waals surface area (Å²) in [5.74, 6) is 0.661. The lowest BCUT2D eigenvalue weighted by atomic mass is 9.90. The van der Waals surface area contributed by atoms with Gasteiger partial charge in [-0.3, -0.25) is 0 Å². The average molecular weight is 237 g/mol. The second-order valence-corrected chi connectivity index (χ2v) is 5.22. The Morgan fingerprint density at radius 2 is 1.61 bits per heavy atom. The molecule has 3 rings (SSSR count). The summed E-state index contributed by atoms with van der Waals surface area (Å²) in [5, 5.41) is 3.37. The Morgan fingerprint density at radius 1 is 1.00 bits per heavy atom. The Kier molecular flexibility index (Phi) is 2.92. The van der Waals surface area contributed by atoms with E-state index in [9.17, 15) is 0 Å². The summed E-state index contributed by atoms with van der Waals surface area (Å²) in [6.45, 7) is 1.05. The second-order valence-electron chi connectivity index (χ2n) is 5.22. The van der Waals surface area contributed by atoms with E-state index in [0.29, 0.717) is 11.3 Å². The Bertz CT molecular complexity index is 506. The lowest BCUT2D eigenvalue weighted by Gasteiger charge is -2.18. The number of hydrogen-bond donors (Lipinski definition) is 1.